The number of likely N-dealkylation sites (tertiary alicyclic amines) is 1. The topological polar surface area (TPSA) is 6.48 Å². The van der Waals surface area contributed by atoms with Gasteiger partial charge in [0.05, 0.1) is 0 Å². The molecule has 2 nitrogen and oxygen atoms in total. The van der Waals surface area contributed by atoms with Crippen molar-refractivity contribution in [2.24, 2.45) is 0 Å². The van der Waals surface area contributed by atoms with Crippen LogP contribution in [0.3, 0.4) is 0 Å². The van der Waals surface area contributed by atoms with E-state index in [0.717, 1.165) is 18.1 Å². The van der Waals surface area contributed by atoms with Gasteiger partial charge in [-0.25, -0.2) is 0 Å². The molecule has 0 radical (unpaired) electrons. The Morgan fingerprint density at radius 1 is 0.840 bits per heavy atom. The Morgan fingerprint density at radius 3 is 1.88 bits per heavy atom. The summed E-state index contributed by atoms with van der Waals surface area (Å²) < 4.78 is 0. The number of piperidine rings is 1. The fourth-order valence-electron chi connectivity index (χ4n) is 4.84. The fourth-order valence-corrected chi connectivity index (χ4v) is 5.14. The highest BCUT2D eigenvalue weighted by Crippen LogP contribution is 2.49. The normalized spacial score (nSPS) is 24.0. The number of nitrogens with zero attached hydrogens (tertiary/aromatic N) is 2. The summed E-state index contributed by atoms with van der Waals surface area (Å²) in [7, 11) is 0. The van der Waals surface area contributed by atoms with Gasteiger partial charge in [-0.05, 0) is 66.2 Å². The Bertz CT molecular complexity index is 657. The molecule has 1 aromatic rings. The lowest BCUT2D eigenvalue weighted by Gasteiger charge is -2.48. The lowest BCUT2D eigenvalue weighted by Crippen LogP contribution is -2.45. The molecule has 3 heterocycles. The Balaban J connectivity index is 1.84. The molecule has 4 rings (SSSR count). The largest absolute Gasteiger partial charge is 0.371 e. The van der Waals surface area contributed by atoms with Crippen molar-refractivity contribution in [3.05, 3.63) is 28.8 Å². The molecular weight excluding hydrogens is 324 g/mol. The summed E-state index contributed by atoms with van der Waals surface area (Å²) in [5.41, 5.74) is 6.34. The molecule has 1 saturated heterocycles. The molecule has 3 heteroatoms. The van der Waals surface area contributed by atoms with Crippen molar-refractivity contribution in [3.8, 4) is 0 Å². The molecular formula is C22H32N2S. The lowest BCUT2D eigenvalue weighted by atomic mass is 9.69. The molecule has 3 aliphatic heterocycles. The monoisotopic (exact) mass is 356 g/mol. The third-order valence-corrected chi connectivity index (χ3v) is 7.28. The van der Waals surface area contributed by atoms with E-state index in [0.29, 0.717) is 0 Å². The van der Waals surface area contributed by atoms with Crippen molar-refractivity contribution in [1.29, 1.82) is 0 Å². The highest BCUT2D eigenvalue weighted by Gasteiger charge is 2.40. The Labute approximate surface area is 158 Å². The summed E-state index contributed by atoms with van der Waals surface area (Å²) in [6.07, 6.45) is 6.38. The lowest BCUT2D eigenvalue weighted by molar-refractivity contribution is 0.347. The first-order valence-corrected chi connectivity index (χ1v) is 10.4. The maximum atomic E-state index is 5.96. The van der Waals surface area contributed by atoms with E-state index in [4.69, 9.17) is 12.2 Å². The van der Waals surface area contributed by atoms with Crippen LogP contribution in [-0.2, 0) is 10.8 Å². The first-order chi connectivity index (χ1) is 11.8. The quantitative estimate of drug-likeness (QED) is 0.653. The van der Waals surface area contributed by atoms with Crippen LogP contribution in [0.25, 0.3) is 0 Å². The van der Waals surface area contributed by atoms with Crippen molar-refractivity contribution >= 4 is 22.9 Å². The Morgan fingerprint density at radius 2 is 1.36 bits per heavy atom. The van der Waals surface area contributed by atoms with Crippen LogP contribution < -0.4 is 4.90 Å². The number of benzene rings is 1. The fraction of sp³-hybridized carbons (Fsp3) is 0.682. The van der Waals surface area contributed by atoms with E-state index >= 15 is 0 Å². The molecule has 0 spiro atoms. The summed E-state index contributed by atoms with van der Waals surface area (Å²) in [6.45, 7) is 14.3. The molecule has 1 aromatic carbocycles. The van der Waals surface area contributed by atoms with E-state index < -0.39 is 0 Å². The average Bonchev–Trinajstić information content (AvgIpc) is 2.60. The SMILES string of the molecule is CC1(C)CCN2CCC(C)(C)c3cc(C(=S)N4CCCCC4)cc1c32. The van der Waals surface area contributed by atoms with Gasteiger partial charge >= 0.3 is 0 Å². The number of hydrogen-bond donors (Lipinski definition) is 0. The average molecular weight is 357 g/mol. The molecule has 1 fully saturated rings. The first kappa shape index (κ1) is 17.3. The predicted molar refractivity (Wildman–Crippen MR) is 111 cm³/mol. The Hall–Kier alpha value is -1.09. The van der Waals surface area contributed by atoms with Gasteiger partial charge in [0.2, 0.25) is 0 Å². The van der Waals surface area contributed by atoms with Crippen LogP contribution in [0.1, 0.15) is 76.5 Å². The van der Waals surface area contributed by atoms with Gasteiger partial charge in [-0.3, -0.25) is 0 Å². The van der Waals surface area contributed by atoms with Crippen LogP contribution in [0.4, 0.5) is 5.69 Å². The van der Waals surface area contributed by atoms with Gasteiger partial charge in [0, 0.05) is 37.4 Å². The second-order valence-electron chi connectivity index (χ2n) is 9.53. The number of anilines is 1. The van der Waals surface area contributed by atoms with Crippen molar-refractivity contribution < 1.29 is 0 Å². The summed E-state index contributed by atoms with van der Waals surface area (Å²) in [4.78, 5) is 6.15. The highest BCUT2D eigenvalue weighted by molar-refractivity contribution is 7.80. The van der Waals surface area contributed by atoms with Gasteiger partial charge in [0.25, 0.3) is 0 Å². The molecule has 0 unspecified atom stereocenters. The van der Waals surface area contributed by atoms with Gasteiger partial charge in [-0.1, -0.05) is 39.9 Å². The number of rotatable bonds is 1. The van der Waals surface area contributed by atoms with Crippen LogP contribution in [0.5, 0.6) is 0 Å². The number of thiocarbonyl (C=S) groups is 1. The summed E-state index contributed by atoms with van der Waals surface area (Å²) in [6, 6.07) is 4.87. The standard InChI is InChI=1S/C22H32N2S/c1-21(2)8-12-23-13-9-22(3,4)18-15-16(14-17(21)19(18)23)20(25)24-10-6-5-7-11-24/h14-15H,5-13H2,1-4H3. The zero-order chi connectivity index (χ0) is 17.8. The second-order valence-corrected chi connectivity index (χ2v) is 9.91. The van der Waals surface area contributed by atoms with Crippen molar-refractivity contribution in [1.82, 2.24) is 4.90 Å². The van der Waals surface area contributed by atoms with Gasteiger partial charge in [-0.2, -0.15) is 0 Å². The van der Waals surface area contributed by atoms with Crippen molar-refractivity contribution in [2.45, 2.75) is 70.6 Å². The summed E-state index contributed by atoms with van der Waals surface area (Å²) in [5, 5.41) is 0. The van der Waals surface area contributed by atoms with Crippen LogP contribution in [-0.4, -0.2) is 36.1 Å². The summed E-state index contributed by atoms with van der Waals surface area (Å²) >= 11 is 5.96. The van der Waals surface area contributed by atoms with Gasteiger partial charge in [-0.15, -0.1) is 0 Å². The maximum absolute atomic E-state index is 5.96. The molecule has 0 aliphatic carbocycles. The second kappa shape index (κ2) is 5.97. The first-order valence-electron chi connectivity index (χ1n) is 10.0. The molecule has 0 N–H and O–H groups in total. The third kappa shape index (κ3) is 2.89. The molecule has 0 atom stereocenters. The van der Waals surface area contributed by atoms with Gasteiger partial charge < -0.3 is 9.80 Å². The molecule has 25 heavy (non-hydrogen) atoms. The molecule has 0 aromatic heterocycles. The van der Waals surface area contributed by atoms with Gasteiger partial charge in [0.15, 0.2) is 0 Å². The molecule has 0 amide bonds. The van der Waals surface area contributed by atoms with E-state index in [9.17, 15) is 0 Å². The van der Waals surface area contributed by atoms with Crippen molar-refractivity contribution in [3.63, 3.8) is 0 Å². The van der Waals surface area contributed by atoms with Crippen molar-refractivity contribution in [2.75, 3.05) is 31.1 Å². The van der Waals surface area contributed by atoms with E-state index in [1.54, 1.807) is 0 Å². The molecule has 3 aliphatic rings. The maximum Gasteiger partial charge on any atom is 0.109 e. The minimum absolute atomic E-state index is 0.238. The van der Waals surface area contributed by atoms with Crippen LogP contribution in [0.2, 0.25) is 0 Å². The molecule has 0 saturated carbocycles. The van der Waals surface area contributed by atoms with Crippen LogP contribution in [0.15, 0.2) is 12.1 Å². The predicted octanol–water partition coefficient (Wildman–Crippen LogP) is 5.02. The highest BCUT2D eigenvalue weighted by atomic mass is 32.1. The number of hydrogen-bond acceptors (Lipinski definition) is 2. The third-order valence-electron chi connectivity index (χ3n) is 6.79. The molecule has 0 bridgehead atoms. The van der Waals surface area contributed by atoms with Crippen LogP contribution in [0, 0.1) is 0 Å². The minimum atomic E-state index is 0.238. The smallest absolute Gasteiger partial charge is 0.109 e. The van der Waals surface area contributed by atoms with E-state index in [1.807, 2.05) is 0 Å². The Kier molecular flexibility index (Phi) is 4.14. The zero-order valence-electron chi connectivity index (χ0n) is 16.3. The molecule has 136 valence electrons. The van der Waals surface area contributed by atoms with E-state index in [1.165, 1.54) is 67.6 Å². The summed E-state index contributed by atoms with van der Waals surface area (Å²) in [5.74, 6) is 0. The van der Waals surface area contributed by atoms with Gasteiger partial charge in [0.1, 0.15) is 4.99 Å². The van der Waals surface area contributed by atoms with E-state index in [-0.39, 0.29) is 10.8 Å². The zero-order valence-corrected chi connectivity index (χ0v) is 17.1. The minimum Gasteiger partial charge on any atom is -0.371 e. The van der Waals surface area contributed by atoms with Crippen LogP contribution >= 0.6 is 12.2 Å². The van der Waals surface area contributed by atoms with E-state index in [2.05, 4.69) is 49.6 Å².